The number of methoxy groups -OCH3 is 1. The predicted molar refractivity (Wildman–Crippen MR) is 120 cm³/mol. The highest BCUT2D eigenvalue weighted by Gasteiger charge is 2.38. The molecule has 2 amide bonds. The molecule has 1 aliphatic rings. The summed E-state index contributed by atoms with van der Waals surface area (Å²) in [5.74, 6) is 0.0683. The van der Waals surface area contributed by atoms with Gasteiger partial charge in [0.1, 0.15) is 18.2 Å². The Kier molecular flexibility index (Phi) is 7.06. The fourth-order valence-corrected chi connectivity index (χ4v) is 4.83. The first kappa shape index (κ1) is 23.3. The Morgan fingerprint density at radius 2 is 2.00 bits per heavy atom. The summed E-state index contributed by atoms with van der Waals surface area (Å²) in [4.78, 5) is 27.1. The predicted octanol–water partition coefficient (Wildman–Crippen LogP) is 2.79. The monoisotopic (exact) mass is 448 g/mol. The summed E-state index contributed by atoms with van der Waals surface area (Å²) >= 11 is 1.47. The summed E-state index contributed by atoms with van der Waals surface area (Å²) < 4.78 is 20.2. The van der Waals surface area contributed by atoms with Gasteiger partial charge < -0.3 is 10.1 Å². The van der Waals surface area contributed by atoms with Gasteiger partial charge in [0.25, 0.3) is 0 Å². The SMILES string of the molecule is COCCNC(=O)CN1C(=O)CSC(c2ccc(F)cc2)c2c(C(C)(C)C)nn(C)c21. The molecule has 7 nitrogen and oxygen atoms in total. The number of fused-ring (bicyclic) bond motifs is 1. The quantitative estimate of drug-likeness (QED) is 0.688. The zero-order valence-corrected chi connectivity index (χ0v) is 19.4. The lowest BCUT2D eigenvalue weighted by Crippen LogP contribution is -2.43. The molecule has 2 heterocycles. The maximum atomic E-state index is 13.6. The van der Waals surface area contributed by atoms with Gasteiger partial charge in [-0.3, -0.25) is 19.2 Å². The first-order valence-corrected chi connectivity index (χ1v) is 11.2. The Labute approximate surface area is 186 Å². The van der Waals surface area contributed by atoms with E-state index in [1.54, 1.807) is 31.0 Å². The Bertz CT molecular complexity index is 953. The van der Waals surface area contributed by atoms with Crippen molar-refractivity contribution in [2.75, 3.05) is 37.5 Å². The van der Waals surface area contributed by atoms with Gasteiger partial charge in [-0.25, -0.2) is 4.39 Å². The van der Waals surface area contributed by atoms with E-state index < -0.39 is 0 Å². The van der Waals surface area contributed by atoms with Crippen LogP contribution < -0.4 is 10.2 Å². The van der Waals surface area contributed by atoms with Crippen LogP contribution >= 0.6 is 11.8 Å². The molecule has 0 fully saturated rings. The number of thioether (sulfide) groups is 1. The van der Waals surface area contributed by atoms with Crippen molar-refractivity contribution >= 4 is 29.4 Å². The van der Waals surface area contributed by atoms with Gasteiger partial charge >= 0.3 is 0 Å². The molecule has 1 atom stereocenters. The van der Waals surface area contributed by atoms with E-state index in [1.165, 1.54) is 28.8 Å². The van der Waals surface area contributed by atoms with Crippen molar-refractivity contribution in [1.29, 1.82) is 0 Å². The minimum Gasteiger partial charge on any atom is -0.383 e. The molecule has 3 rings (SSSR count). The van der Waals surface area contributed by atoms with Gasteiger partial charge in [0.05, 0.1) is 23.3 Å². The highest BCUT2D eigenvalue weighted by Crippen LogP contribution is 2.47. The molecule has 168 valence electrons. The second-order valence-electron chi connectivity index (χ2n) is 8.52. The molecule has 1 aliphatic heterocycles. The molecule has 2 aromatic rings. The van der Waals surface area contributed by atoms with Crippen LogP contribution in [0.3, 0.4) is 0 Å². The summed E-state index contributed by atoms with van der Waals surface area (Å²) in [5.41, 5.74) is 2.35. The summed E-state index contributed by atoms with van der Waals surface area (Å²) in [7, 11) is 3.35. The highest BCUT2D eigenvalue weighted by molar-refractivity contribution is 8.00. The maximum Gasteiger partial charge on any atom is 0.240 e. The molecule has 1 aromatic carbocycles. The molecule has 31 heavy (non-hydrogen) atoms. The minimum atomic E-state index is -0.310. The number of hydrogen-bond acceptors (Lipinski definition) is 5. The largest absolute Gasteiger partial charge is 0.383 e. The summed E-state index contributed by atoms with van der Waals surface area (Å²) in [6.45, 7) is 6.86. The van der Waals surface area contributed by atoms with E-state index in [1.807, 2.05) is 0 Å². The zero-order chi connectivity index (χ0) is 22.8. The summed E-state index contributed by atoms with van der Waals surface area (Å²) in [6, 6.07) is 6.34. The number of anilines is 1. The number of halogens is 1. The number of nitrogens with zero attached hydrogens (tertiary/aromatic N) is 3. The molecular formula is C22H29FN4O3S. The minimum absolute atomic E-state index is 0.102. The van der Waals surface area contributed by atoms with Gasteiger partial charge in [0, 0.05) is 31.7 Å². The van der Waals surface area contributed by atoms with E-state index in [4.69, 9.17) is 9.84 Å². The van der Waals surface area contributed by atoms with Crippen molar-refractivity contribution in [3.8, 4) is 0 Å². The number of benzene rings is 1. The number of aryl methyl sites for hydroxylation is 1. The van der Waals surface area contributed by atoms with Gasteiger partial charge in [-0.1, -0.05) is 32.9 Å². The molecule has 1 N–H and O–H groups in total. The Morgan fingerprint density at radius 3 is 2.61 bits per heavy atom. The fourth-order valence-electron chi connectivity index (χ4n) is 3.64. The number of carbonyl (C=O) groups is 2. The van der Waals surface area contributed by atoms with Gasteiger partial charge in [-0.2, -0.15) is 5.10 Å². The first-order valence-electron chi connectivity index (χ1n) is 10.1. The molecule has 1 aromatic heterocycles. The molecule has 1 unspecified atom stereocenters. The van der Waals surface area contributed by atoms with Crippen LogP contribution in [0.25, 0.3) is 0 Å². The lowest BCUT2D eigenvalue weighted by molar-refractivity contribution is -0.123. The van der Waals surface area contributed by atoms with E-state index >= 15 is 0 Å². The van der Waals surface area contributed by atoms with Crippen molar-refractivity contribution in [3.05, 3.63) is 46.9 Å². The maximum absolute atomic E-state index is 13.6. The Balaban J connectivity index is 2.08. The molecule has 0 saturated heterocycles. The van der Waals surface area contributed by atoms with Gasteiger partial charge in [0.15, 0.2) is 0 Å². The summed E-state index contributed by atoms with van der Waals surface area (Å²) in [6.07, 6.45) is 0. The second kappa shape index (κ2) is 9.40. The van der Waals surface area contributed by atoms with Crippen LogP contribution in [0.4, 0.5) is 10.2 Å². The van der Waals surface area contributed by atoms with Crippen LogP contribution in [0.15, 0.2) is 24.3 Å². The number of nitrogens with one attached hydrogen (secondary N) is 1. The number of carbonyl (C=O) groups excluding carboxylic acids is 2. The lowest BCUT2D eigenvalue weighted by Gasteiger charge is -2.24. The third-order valence-electron chi connectivity index (χ3n) is 5.06. The molecule has 0 aliphatic carbocycles. The van der Waals surface area contributed by atoms with E-state index in [0.29, 0.717) is 19.0 Å². The van der Waals surface area contributed by atoms with E-state index in [2.05, 4.69) is 26.1 Å². The van der Waals surface area contributed by atoms with E-state index in [-0.39, 0.29) is 40.6 Å². The number of ether oxygens (including phenoxy) is 1. The first-order chi connectivity index (χ1) is 14.6. The molecule has 0 spiro atoms. The number of amides is 2. The fraction of sp³-hybridized carbons (Fsp3) is 0.500. The number of rotatable bonds is 6. The van der Waals surface area contributed by atoms with Gasteiger partial charge in [-0.15, -0.1) is 11.8 Å². The van der Waals surface area contributed by atoms with E-state index in [0.717, 1.165) is 16.8 Å². The Hall–Kier alpha value is -2.39. The topological polar surface area (TPSA) is 76.5 Å². The smallest absolute Gasteiger partial charge is 0.240 e. The third-order valence-corrected chi connectivity index (χ3v) is 6.31. The molecular weight excluding hydrogens is 419 g/mol. The average Bonchev–Trinajstić information content (AvgIpc) is 2.97. The number of aromatic nitrogens is 2. The zero-order valence-electron chi connectivity index (χ0n) is 18.6. The lowest BCUT2D eigenvalue weighted by atomic mass is 9.87. The van der Waals surface area contributed by atoms with Crippen molar-refractivity contribution in [2.45, 2.75) is 31.4 Å². The molecule has 9 heteroatoms. The van der Waals surface area contributed by atoms with Crippen LogP contribution in [0.5, 0.6) is 0 Å². The van der Waals surface area contributed by atoms with Crippen LogP contribution in [0.1, 0.15) is 42.8 Å². The van der Waals surface area contributed by atoms with Crippen molar-refractivity contribution in [3.63, 3.8) is 0 Å². The van der Waals surface area contributed by atoms with Crippen LogP contribution in [-0.2, 0) is 26.8 Å². The van der Waals surface area contributed by atoms with Gasteiger partial charge in [0.2, 0.25) is 11.8 Å². The standard InChI is InChI=1S/C22H29FN4O3S/c1-22(2,3)20-18-19(14-6-8-15(23)9-7-14)31-13-17(29)27(21(18)26(4)25-20)12-16(28)24-10-11-30-5/h6-9,19H,10-13H2,1-5H3,(H,24,28). The van der Waals surface area contributed by atoms with Crippen molar-refractivity contribution in [2.24, 2.45) is 7.05 Å². The molecule has 0 bridgehead atoms. The van der Waals surface area contributed by atoms with Crippen molar-refractivity contribution < 1.29 is 18.7 Å². The number of hydrogen-bond donors (Lipinski definition) is 1. The van der Waals surface area contributed by atoms with Crippen molar-refractivity contribution in [1.82, 2.24) is 15.1 Å². The Morgan fingerprint density at radius 1 is 1.32 bits per heavy atom. The average molecular weight is 449 g/mol. The van der Waals surface area contributed by atoms with Crippen LogP contribution in [0.2, 0.25) is 0 Å². The highest BCUT2D eigenvalue weighted by atomic mass is 32.2. The second-order valence-corrected chi connectivity index (χ2v) is 9.62. The normalized spacial score (nSPS) is 16.8. The molecule has 0 radical (unpaired) electrons. The van der Waals surface area contributed by atoms with Gasteiger partial charge in [-0.05, 0) is 17.7 Å². The van der Waals surface area contributed by atoms with Crippen LogP contribution in [-0.4, -0.2) is 54.2 Å². The van der Waals surface area contributed by atoms with Crippen LogP contribution in [0, 0.1) is 5.82 Å². The van der Waals surface area contributed by atoms with E-state index in [9.17, 15) is 14.0 Å². The third kappa shape index (κ3) is 5.10. The summed E-state index contributed by atoms with van der Waals surface area (Å²) in [5, 5.41) is 7.32. The molecule has 0 saturated carbocycles.